The van der Waals surface area contributed by atoms with Crippen LogP contribution in [-0.2, 0) is 15.1 Å². The van der Waals surface area contributed by atoms with Crippen LogP contribution in [0.15, 0.2) is 48.7 Å². The number of carbonyl (C=O) groups excluding carboxylic acids is 2. The molecular weight excluding hydrogens is 532 g/mol. The molecule has 1 amide bonds. The number of carbonyl (C=O) groups is 2. The largest absolute Gasteiger partial charge is 0.466 e. The molecule has 2 unspecified atom stereocenters. The van der Waals surface area contributed by atoms with E-state index < -0.39 is 41.0 Å². The first kappa shape index (κ1) is 27.3. The second-order valence-electron chi connectivity index (χ2n) is 8.70. The van der Waals surface area contributed by atoms with Crippen LogP contribution in [0.5, 0.6) is 5.88 Å². The Morgan fingerprint density at radius 3 is 2.45 bits per heavy atom. The van der Waals surface area contributed by atoms with E-state index in [0.717, 1.165) is 37.3 Å². The summed E-state index contributed by atoms with van der Waals surface area (Å²) in [6.45, 7) is 0.844. The quantitative estimate of drug-likeness (QED) is 0.344. The van der Waals surface area contributed by atoms with Crippen molar-refractivity contribution in [1.29, 1.82) is 0 Å². The number of hydrogen-bond donors (Lipinski definition) is 1. The maximum atomic E-state index is 14.5. The molecule has 0 bridgehead atoms. The average molecular weight is 553 g/mol. The van der Waals surface area contributed by atoms with Crippen LogP contribution in [0.3, 0.4) is 0 Å². The number of aliphatic hydroxyl groups is 1. The van der Waals surface area contributed by atoms with Crippen LogP contribution in [0, 0.1) is 5.82 Å². The van der Waals surface area contributed by atoms with Gasteiger partial charge in [-0.15, -0.1) is 0 Å². The van der Waals surface area contributed by atoms with Crippen molar-refractivity contribution in [3.05, 3.63) is 76.2 Å². The summed E-state index contributed by atoms with van der Waals surface area (Å²) in [7, 11) is 2.48. The Morgan fingerprint density at radius 1 is 1.18 bits per heavy atom. The van der Waals surface area contributed by atoms with Gasteiger partial charge in [0.2, 0.25) is 5.88 Å². The molecule has 0 spiro atoms. The van der Waals surface area contributed by atoms with Gasteiger partial charge in [-0.05, 0) is 41.0 Å². The molecule has 3 aromatic rings. The SMILES string of the molecule is COC(=O)c1ccc(-c2ccc(C(C)C(O)(c3cnc4c(c3)N(C)C(=O)CO4)C(F)(F)F)c(Cl)c2)cc1F. The Morgan fingerprint density at radius 2 is 1.84 bits per heavy atom. The number of hydrogen-bond acceptors (Lipinski definition) is 6. The Hall–Kier alpha value is -3.70. The van der Waals surface area contributed by atoms with Crippen molar-refractivity contribution in [1.82, 2.24) is 4.98 Å². The highest BCUT2D eigenvalue weighted by Crippen LogP contribution is 2.51. The van der Waals surface area contributed by atoms with Crippen LogP contribution < -0.4 is 9.64 Å². The van der Waals surface area contributed by atoms with E-state index in [1.54, 1.807) is 0 Å². The van der Waals surface area contributed by atoms with Crippen LogP contribution in [-0.4, -0.2) is 48.9 Å². The third-order valence-corrected chi connectivity index (χ3v) is 6.90. The smallest absolute Gasteiger partial charge is 0.422 e. The molecule has 1 aliphatic rings. The fraction of sp³-hybridized carbons (Fsp3) is 0.269. The number of amides is 1. The maximum absolute atomic E-state index is 14.5. The molecule has 0 fully saturated rings. The number of rotatable bonds is 5. The number of alkyl halides is 3. The molecule has 2 heterocycles. The Balaban J connectivity index is 1.75. The molecule has 1 aliphatic heterocycles. The molecule has 200 valence electrons. The summed E-state index contributed by atoms with van der Waals surface area (Å²) in [5, 5.41) is 11.1. The van der Waals surface area contributed by atoms with Crippen LogP contribution in [0.2, 0.25) is 5.02 Å². The number of halogens is 5. The van der Waals surface area contributed by atoms with E-state index >= 15 is 0 Å². The Labute approximate surface area is 219 Å². The summed E-state index contributed by atoms with van der Waals surface area (Å²) in [5.41, 5.74) is -3.72. The molecule has 2 aromatic carbocycles. The summed E-state index contributed by atoms with van der Waals surface area (Å²) < 4.78 is 67.5. The van der Waals surface area contributed by atoms with Gasteiger partial charge in [-0.25, -0.2) is 14.2 Å². The zero-order chi connectivity index (χ0) is 28.0. The van der Waals surface area contributed by atoms with Gasteiger partial charge in [0.15, 0.2) is 12.2 Å². The number of nitrogens with zero attached hydrogens (tertiary/aromatic N) is 2. The normalized spacial score (nSPS) is 15.8. The van der Waals surface area contributed by atoms with Crippen molar-refractivity contribution in [2.45, 2.75) is 24.6 Å². The van der Waals surface area contributed by atoms with Crippen molar-refractivity contribution < 1.29 is 41.7 Å². The van der Waals surface area contributed by atoms with Gasteiger partial charge in [-0.3, -0.25) is 4.79 Å². The molecule has 38 heavy (non-hydrogen) atoms. The number of esters is 1. The average Bonchev–Trinajstić information content (AvgIpc) is 2.88. The predicted octanol–water partition coefficient (Wildman–Crippen LogP) is 5.24. The number of ether oxygens (including phenoxy) is 2. The van der Waals surface area contributed by atoms with Gasteiger partial charge in [0.25, 0.3) is 5.91 Å². The van der Waals surface area contributed by atoms with E-state index in [4.69, 9.17) is 16.3 Å². The van der Waals surface area contributed by atoms with Crippen molar-refractivity contribution in [3.63, 3.8) is 0 Å². The molecule has 0 aliphatic carbocycles. The summed E-state index contributed by atoms with van der Waals surface area (Å²) in [4.78, 5) is 28.6. The van der Waals surface area contributed by atoms with Gasteiger partial charge in [0.05, 0.1) is 12.7 Å². The lowest BCUT2D eigenvalue weighted by molar-refractivity contribution is -0.274. The summed E-state index contributed by atoms with van der Waals surface area (Å²) in [6.07, 6.45) is -4.32. The van der Waals surface area contributed by atoms with Gasteiger partial charge >= 0.3 is 12.1 Å². The lowest BCUT2D eigenvalue weighted by Crippen LogP contribution is -2.47. The number of fused-ring (bicyclic) bond motifs is 1. The zero-order valence-corrected chi connectivity index (χ0v) is 21.0. The fourth-order valence-electron chi connectivity index (χ4n) is 4.27. The molecule has 0 saturated heterocycles. The molecule has 1 N–H and O–H groups in total. The zero-order valence-electron chi connectivity index (χ0n) is 20.3. The minimum absolute atomic E-state index is 0.0208. The van der Waals surface area contributed by atoms with Crippen LogP contribution in [0.1, 0.15) is 34.3 Å². The molecule has 0 radical (unpaired) electrons. The van der Waals surface area contributed by atoms with Gasteiger partial charge in [-0.2, -0.15) is 13.2 Å². The Bertz CT molecular complexity index is 1430. The topological polar surface area (TPSA) is 89.0 Å². The first-order chi connectivity index (χ1) is 17.8. The summed E-state index contributed by atoms with van der Waals surface area (Å²) >= 11 is 6.38. The fourth-order valence-corrected chi connectivity index (χ4v) is 4.62. The molecule has 12 heteroatoms. The highest BCUT2D eigenvalue weighted by molar-refractivity contribution is 6.31. The first-order valence-corrected chi connectivity index (χ1v) is 11.5. The van der Waals surface area contributed by atoms with Gasteiger partial charge < -0.3 is 19.5 Å². The molecule has 4 rings (SSSR count). The van der Waals surface area contributed by atoms with Crippen molar-refractivity contribution in [2.75, 3.05) is 25.7 Å². The standard InChI is InChI=1S/C26H21ClF4N2O5/c1-13(17-6-4-14(8-19(17)27)15-5-7-18(20(28)9-15)24(35)37-3)25(36,26(29,30)31)16-10-21-23(32-11-16)38-12-22(34)33(21)2/h4-11,13,36H,12H2,1-3H3. The lowest BCUT2D eigenvalue weighted by Gasteiger charge is -2.37. The van der Waals surface area contributed by atoms with E-state index in [1.807, 2.05) is 0 Å². The molecular formula is C26H21ClF4N2O5. The van der Waals surface area contributed by atoms with E-state index in [1.165, 1.54) is 37.4 Å². The summed E-state index contributed by atoms with van der Waals surface area (Å²) in [6, 6.07) is 8.81. The maximum Gasteiger partial charge on any atom is 0.422 e. The highest BCUT2D eigenvalue weighted by atomic mass is 35.5. The molecule has 2 atom stereocenters. The Kier molecular flexibility index (Phi) is 7.11. The first-order valence-electron chi connectivity index (χ1n) is 11.2. The van der Waals surface area contributed by atoms with Gasteiger partial charge in [-0.1, -0.05) is 36.7 Å². The molecule has 0 saturated carbocycles. The van der Waals surface area contributed by atoms with E-state index in [9.17, 15) is 32.3 Å². The van der Waals surface area contributed by atoms with Crippen LogP contribution in [0.4, 0.5) is 23.2 Å². The van der Waals surface area contributed by atoms with Crippen molar-refractivity contribution in [3.8, 4) is 17.0 Å². The van der Waals surface area contributed by atoms with E-state index in [0.29, 0.717) is 11.1 Å². The van der Waals surface area contributed by atoms with Crippen LogP contribution >= 0.6 is 11.6 Å². The van der Waals surface area contributed by atoms with Crippen molar-refractivity contribution >= 4 is 29.2 Å². The predicted molar refractivity (Wildman–Crippen MR) is 130 cm³/mol. The number of aromatic nitrogens is 1. The number of pyridine rings is 1. The lowest BCUT2D eigenvalue weighted by atomic mass is 9.78. The van der Waals surface area contributed by atoms with Crippen LogP contribution in [0.25, 0.3) is 11.1 Å². The third-order valence-electron chi connectivity index (χ3n) is 6.57. The van der Waals surface area contributed by atoms with Crippen molar-refractivity contribution in [2.24, 2.45) is 0 Å². The minimum atomic E-state index is -5.17. The second kappa shape index (κ2) is 9.88. The molecule has 1 aromatic heterocycles. The number of likely N-dealkylation sites (N-methyl/N-ethyl adjacent to an activating group) is 1. The monoisotopic (exact) mass is 552 g/mol. The minimum Gasteiger partial charge on any atom is -0.466 e. The summed E-state index contributed by atoms with van der Waals surface area (Å²) in [5.74, 6) is -3.87. The third kappa shape index (κ3) is 4.56. The molecule has 7 nitrogen and oxygen atoms in total. The number of benzene rings is 2. The van der Waals surface area contributed by atoms with Gasteiger partial charge in [0.1, 0.15) is 11.5 Å². The second-order valence-corrected chi connectivity index (χ2v) is 9.11. The van der Waals surface area contributed by atoms with E-state index in [-0.39, 0.29) is 34.3 Å². The number of anilines is 1. The number of methoxy groups -OCH3 is 1. The van der Waals surface area contributed by atoms with Gasteiger partial charge in [0, 0.05) is 29.7 Å². The highest BCUT2D eigenvalue weighted by Gasteiger charge is 2.59. The van der Waals surface area contributed by atoms with E-state index in [2.05, 4.69) is 9.72 Å².